The minimum absolute atomic E-state index is 0.0562. The monoisotopic (exact) mass is 439 g/mol. The smallest absolute Gasteiger partial charge is 0.385 e. The van der Waals surface area contributed by atoms with Gasteiger partial charge in [0.2, 0.25) is 5.95 Å². The van der Waals surface area contributed by atoms with Gasteiger partial charge < -0.3 is 15.3 Å². The zero-order valence-corrected chi connectivity index (χ0v) is 15.7. The van der Waals surface area contributed by atoms with Gasteiger partial charge in [0.15, 0.2) is 5.69 Å². The molecule has 0 radical (unpaired) electrons. The molecular formula is C17H21F6N6O+. The van der Waals surface area contributed by atoms with Crippen molar-refractivity contribution in [1.82, 2.24) is 19.7 Å². The summed E-state index contributed by atoms with van der Waals surface area (Å²) in [6.45, 7) is 1.55. The summed E-state index contributed by atoms with van der Waals surface area (Å²) in [4.78, 5) is 8.36. The molecule has 7 nitrogen and oxygen atoms in total. The zero-order valence-electron chi connectivity index (χ0n) is 15.7. The Morgan fingerprint density at radius 2 is 1.77 bits per heavy atom. The predicted molar refractivity (Wildman–Crippen MR) is 92.5 cm³/mol. The lowest BCUT2D eigenvalue weighted by Crippen LogP contribution is -3.14. The fourth-order valence-corrected chi connectivity index (χ4v) is 3.37. The highest BCUT2D eigenvalue weighted by Gasteiger charge is 2.34. The number of nitrogens with zero attached hydrogens (tertiary/aromatic N) is 4. The van der Waals surface area contributed by atoms with Crippen molar-refractivity contribution in [1.29, 1.82) is 0 Å². The number of aromatic nitrogens is 4. The van der Waals surface area contributed by atoms with E-state index < -0.39 is 29.8 Å². The van der Waals surface area contributed by atoms with Gasteiger partial charge in [0, 0.05) is 31.3 Å². The highest BCUT2D eigenvalue weighted by molar-refractivity contribution is 5.27. The molecular weight excluding hydrogens is 418 g/mol. The van der Waals surface area contributed by atoms with E-state index in [1.54, 1.807) is 0 Å². The first-order valence-electron chi connectivity index (χ1n) is 9.30. The number of quaternary nitrogens is 1. The number of hydrogen-bond acceptors (Lipinski definition) is 5. The third-order valence-electron chi connectivity index (χ3n) is 4.83. The number of aliphatic hydroxyl groups is 1. The second kappa shape index (κ2) is 8.76. The molecule has 0 aliphatic carbocycles. The van der Waals surface area contributed by atoms with Crippen molar-refractivity contribution in [3.63, 3.8) is 0 Å². The summed E-state index contributed by atoms with van der Waals surface area (Å²) in [7, 11) is 0. The molecule has 1 atom stereocenters. The predicted octanol–water partition coefficient (Wildman–Crippen LogP) is 1.23. The molecule has 0 spiro atoms. The van der Waals surface area contributed by atoms with Crippen LogP contribution in [-0.4, -0.2) is 56.6 Å². The average Bonchev–Trinajstić information content (AvgIpc) is 3.12. The SMILES string of the molecule is O[C@H](Cn1ccc(C(F)(F)F)n1)C[NH+]1CCC(Nc2nccc(C(F)(F)F)n2)CC1. The Bertz CT molecular complexity index is 831. The van der Waals surface area contributed by atoms with Gasteiger partial charge in [-0.15, -0.1) is 0 Å². The Morgan fingerprint density at radius 3 is 2.37 bits per heavy atom. The van der Waals surface area contributed by atoms with Crippen LogP contribution in [0.1, 0.15) is 24.2 Å². The van der Waals surface area contributed by atoms with Crippen molar-refractivity contribution in [2.45, 2.75) is 43.9 Å². The minimum atomic E-state index is -4.54. The van der Waals surface area contributed by atoms with Gasteiger partial charge in [0.05, 0.1) is 19.6 Å². The largest absolute Gasteiger partial charge is 0.435 e. The molecule has 1 aliphatic heterocycles. The molecule has 0 amide bonds. The van der Waals surface area contributed by atoms with Gasteiger partial charge in [0.25, 0.3) is 0 Å². The van der Waals surface area contributed by atoms with E-state index in [0.29, 0.717) is 32.5 Å². The van der Waals surface area contributed by atoms with Crippen LogP contribution in [-0.2, 0) is 18.9 Å². The number of anilines is 1. The first kappa shape index (κ1) is 22.3. The number of piperidine rings is 1. The molecule has 1 aliphatic rings. The molecule has 1 saturated heterocycles. The van der Waals surface area contributed by atoms with Crippen molar-refractivity contribution in [2.75, 3.05) is 25.0 Å². The lowest BCUT2D eigenvalue weighted by molar-refractivity contribution is -0.908. The number of nitrogens with one attached hydrogen (secondary N) is 2. The van der Waals surface area contributed by atoms with Crippen LogP contribution >= 0.6 is 0 Å². The summed E-state index contributed by atoms with van der Waals surface area (Å²) < 4.78 is 77.0. The minimum Gasteiger partial charge on any atom is -0.385 e. The van der Waals surface area contributed by atoms with Crippen molar-refractivity contribution in [2.24, 2.45) is 0 Å². The lowest BCUT2D eigenvalue weighted by Gasteiger charge is -2.31. The first-order valence-corrected chi connectivity index (χ1v) is 9.30. The quantitative estimate of drug-likeness (QED) is 0.591. The molecule has 3 N–H and O–H groups in total. The summed E-state index contributed by atoms with van der Waals surface area (Å²) in [5.41, 5.74) is -2.02. The van der Waals surface area contributed by atoms with E-state index >= 15 is 0 Å². The maximum atomic E-state index is 12.7. The summed E-state index contributed by atoms with van der Waals surface area (Å²) in [5.74, 6) is -0.0857. The van der Waals surface area contributed by atoms with Crippen molar-refractivity contribution in [3.8, 4) is 0 Å². The van der Waals surface area contributed by atoms with Crippen LogP contribution in [0.2, 0.25) is 0 Å². The lowest BCUT2D eigenvalue weighted by atomic mass is 10.0. The summed E-state index contributed by atoms with van der Waals surface area (Å²) in [5, 5.41) is 16.5. The third kappa shape index (κ3) is 6.05. The standard InChI is InChI=1S/C17H20F6N6O/c18-16(19,20)13-1-5-24-15(26-13)25-11-2-6-28(7-3-11)9-12(30)10-29-8-4-14(27-29)17(21,22)23/h1,4-5,8,11-12,30H,2-3,6-7,9-10H2,(H,24,25,26)/p+1/t12-/m0/s1. The molecule has 166 valence electrons. The Balaban J connectivity index is 1.45. The van der Waals surface area contributed by atoms with Gasteiger partial charge in [-0.25, -0.2) is 9.97 Å². The summed E-state index contributed by atoms with van der Waals surface area (Å²) in [6, 6.07) is 1.55. The van der Waals surface area contributed by atoms with E-state index in [4.69, 9.17) is 0 Å². The number of halogens is 6. The second-order valence-electron chi connectivity index (χ2n) is 7.21. The Labute approximate surface area is 167 Å². The van der Waals surface area contributed by atoms with Crippen molar-refractivity contribution >= 4 is 5.95 Å². The molecule has 0 saturated carbocycles. The molecule has 1 fully saturated rings. The maximum Gasteiger partial charge on any atom is 0.435 e. The highest BCUT2D eigenvalue weighted by Crippen LogP contribution is 2.28. The maximum absolute atomic E-state index is 12.7. The molecule has 3 heterocycles. The molecule has 0 unspecified atom stereocenters. The third-order valence-corrected chi connectivity index (χ3v) is 4.83. The average molecular weight is 439 g/mol. The van der Waals surface area contributed by atoms with Gasteiger partial charge in [0.1, 0.15) is 18.3 Å². The molecule has 2 aromatic rings. The molecule has 13 heteroatoms. The molecule has 0 aromatic carbocycles. The van der Waals surface area contributed by atoms with E-state index in [-0.39, 0.29) is 18.5 Å². The van der Waals surface area contributed by atoms with Gasteiger partial charge >= 0.3 is 12.4 Å². The van der Waals surface area contributed by atoms with E-state index in [1.807, 2.05) is 0 Å². The van der Waals surface area contributed by atoms with Gasteiger partial charge in [-0.3, -0.25) is 4.68 Å². The molecule has 3 rings (SSSR count). The number of rotatable bonds is 6. The van der Waals surface area contributed by atoms with Gasteiger partial charge in [-0.2, -0.15) is 31.4 Å². The van der Waals surface area contributed by atoms with Crippen LogP contribution in [0.3, 0.4) is 0 Å². The summed E-state index contributed by atoms with van der Waals surface area (Å²) in [6.07, 6.45) is -6.47. The normalized spacial score (nSPS) is 21.4. The Hall–Kier alpha value is -2.41. The Kier molecular flexibility index (Phi) is 6.50. The zero-order chi connectivity index (χ0) is 21.9. The molecule has 0 bridgehead atoms. The topological polar surface area (TPSA) is 80.3 Å². The van der Waals surface area contributed by atoms with Crippen LogP contribution in [0, 0.1) is 0 Å². The van der Waals surface area contributed by atoms with E-state index in [0.717, 1.165) is 27.9 Å². The van der Waals surface area contributed by atoms with Crippen LogP contribution in [0.5, 0.6) is 0 Å². The number of hydrogen-bond donors (Lipinski definition) is 3. The van der Waals surface area contributed by atoms with Crippen LogP contribution in [0.15, 0.2) is 24.5 Å². The highest BCUT2D eigenvalue weighted by atomic mass is 19.4. The van der Waals surface area contributed by atoms with Crippen LogP contribution in [0.25, 0.3) is 0 Å². The van der Waals surface area contributed by atoms with E-state index in [1.165, 1.54) is 6.20 Å². The second-order valence-corrected chi connectivity index (χ2v) is 7.21. The number of alkyl halides is 6. The fourth-order valence-electron chi connectivity index (χ4n) is 3.37. The summed E-state index contributed by atoms with van der Waals surface area (Å²) >= 11 is 0. The van der Waals surface area contributed by atoms with E-state index in [9.17, 15) is 31.4 Å². The first-order chi connectivity index (χ1) is 14.0. The van der Waals surface area contributed by atoms with Crippen molar-refractivity contribution in [3.05, 3.63) is 35.9 Å². The fraction of sp³-hybridized carbons (Fsp3) is 0.588. The van der Waals surface area contributed by atoms with Gasteiger partial charge in [-0.1, -0.05) is 0 Å². The van der Waals surface area contributed by atoms with Crippen LogP contribution in [0.4, 0.5) is 32.3 Å². The Morgan fingerprint density at radius 1 is 1.10 bits per heavy atom. The number of likely N-dealkylation sites (tertiary alicyclic amines) is 1. The molecule has 2 aromatic heterocycles. The van der Waals surface area contributed by atoms with E-state index in [2.05, 4.69) is 20.4 Å². The number of aliphatic hydroxyl groups excluding tert-OH is 1. The van der Waals surface area contributed by atoms with Gasteiger partial charge in [-0.05, 0) is 12.1 Å². The van der Waals surface area contributed by atoms with Crippen molar-refractivity contribution < 1.29 is 36.3 Å². The molecule has 30 heavy (non-hydrogen) atoms. The van der Waals surface area contributed by atoms with Crippen LogP contribution < -0.4 is 10.2 Å².